The lowest BCUT2D eigenvalue weighted by molar-refractivity contribution is -0.150. The summed E-state index contributed by atoms with van der Waals surface area (Å²) in [6.45, 7) is 2.38. The summed E-state index contributed by atoms with van der Waals surface area (Å²) >= 11 is 0. The molecule has 0 saturated carbocycles. The van der Waals surface area contributed by atoms with Crippen molar-refractivity contribution in [3.05, 3.63) is 65.7 Å². The SMILES string of the molecule is O=C(C1CCCN(S(=O)(=O)c2ccccc2)C1)[C@@H]1OC2(CCNCC2)c2ccccc21. The molecular weight excluding hydrogens is 412 g/mol. The van der Waals surface area contributed by atoms with Crippen LogP contribution in [0.15, 0.2) is 59.5 Å². The van der Waals surface area contributed by atoms with E-state index in [2.05, 4.69) is 11.4 Å². The molecule has 3 aliphatic rings. The van der Waals surface area contributed by atoms with E-state index in [1.807, 2.05) is 18.2 Å². The zero-order valence-corrected chi connectivity index (χ0v) is 18.3. The minimum absolute atomic E-state index is 0.0100. The Labute approximate surface area is 183 Å². The molecule has 0 bridgehead atoms. The van der Waals surface area contributed by atoms with E-state index in [-0.39, 0.29) is 23.1 Å². The van der Waals surface area contributed by atoms with Crippen LogP contribution in [-0.2, 0) is 25.2 Å². The van der Waals surface area contributed by atoms with Gasteiger partial charge in [-0.2, -0.15) is 4.31 Å². The van der Waals surface area contributed by atoms with Crippen LogP contribution in [-0.4, -0.2) is 44.7 Å². The second-order valence-corrected chi connectivity index (χ2v) is 10.7. The van der Waals surface area contributed by atoms with E-state index in [9.17, 15) is 13.2 Å². The van der Waals surface area contributed by atoms with Crippen LogP contribution in [0.25, 0.3) is 0 Å². The topological polar surface area (TPSA) is 75.7 Å². The van der Waals surface area contributed by atoms with Gasteiger partial charge in [0.25, 0.3) is 0 Å². The van der Waals surface area contributed by atoms with Gasteiger partial charge in [0.2, 0.25) is 10.0 Å². The van der Waals surface area contributed by atoms with Crippen LogP contribution >= 0.6 is 0 Å². The Morgan fingerprint density at radius 1 is 1.03 bits per heavy atom. The highest BCUT2D eigenvalue weighted by Crippen LogP contribution is 2.49. The Morgan fingerprint density at radius 2 is 1.74 bits per heavy atom. The van der Waals surface area contributed by atoms with Crippen molar-refractivity contribution in [1.82, 2.24) is 9.62 Å². The van der Waals surface area contributed by atoms with Gasteiger partial charge in [-0.05, 0) is 62.0 Å². The van der Waals surface area contributed by atoms with Crippen molar-refractivity contribution in [2.45, 2.75) is 42.3 Å². The molecule has 3 heterocycles. The molecule has 6 nitrogen and oxygen atoms in total. The lowest BCUT2D eigenvalue weighted by Crippen LogP contribution is -2.44. The molecule has 2 saturated heterocycles. The first kappa shape index (κ1) is 20.8. The van der Waals surface area contributed by atoms with E-state index in [1.54, 1.807) is 30.3 Å². The second kappa shape index (κ2) is 8.13. The third-order valence-corrected chi connectivity index (χ3v) is 8.79. The van der Waals surface area contributed by atoms with E-state index in [4.69, 9.17) is 4.74 Å². The first-order chi connectivity index (χ1) is 15.0. The number of hydrogen-bond donors (Lipinski definition) is 1. The lowest BCUT2D eigenvalue weighted by atomic mass is 9.83. The first-order valence-electron chi connectivity index (χ1n) is 11.1. The van der Waals surface area contributed by atoms with E-state index >= 15 is 0 Å². The monoisotopic (exact) mass is 440 g/mol. The Bertz CT molecular complexity index is 1060. The van der Waals surface area contributed by atoms with Gasteiger partial charge in [0, 0.05) is 19.0 Å². The van der Waals surface area contributed by atoms with Crippen LogP contribution in [0.1, 0.15) is 42.9 Å². The number of benzene rings is 2. The fourth-order valence-corrected chi connectivity index (χ4v) is 6.82. The molecule has 2 fully saturated rings. The minimum Gasteiger partial charge on any atom is -0.354 e. The predicted octanol–water partition coefficient (Wildman–Crippen LogP) is 3.01. The molecule has 1 N–H and O–H groups in total. The molecule has 7 heteroatoms. The smallest absolute Gasteiger partial charge is 0.243 e. The van der Waals surface area contributed by atoms with Crippen molar-refractivity contribution in [1.29, 1.82) is 0 Å². The van der Waals surface area contributed by atoms with Gasteiger partial charge >= 0.3 is 0 Å². The number of hydrogen-bond acceptors (Lipinski definition) is 5. The van der Waals surface area contributed by atoms with Gasteiger partial charge in [0.05, 0.1) is 10.5 Å². The van der Waals surface area contributed by atoms with Crippen molar-refractivity contribution in [2.24, 2.45) is 5.92 Å². The second-order valence-electron chi connectivity index (χ2n) is 8.75. The number of nitrogens with one attached hydrogen (secondary N) is 1. The van der Waals surface area contributed by atoms with E-state index < -0.39 is 21.7 Å². The third-order valence-electron chi connectivity index (χ3n) is 6.91. The molecule has 5 rings (SSSR count). The van der Waals surface area contributed by atoms with Gasteiger partial charge in [0.15, 0.2) is 5.78 Å². The number of carbonyl (C=O) groups is 1. The standard InChI is InChI=1S/C24H28N2O4S/c27-22(18-7-6-16-26(17-18)31(28,29)19-8-2-1-3-9-19)23-20-10-4-5-11-21(20)24(30-23)12-14-25-15-13-24/h1-5,8-11,18,23,25H,6-7,12-17H2/t18?,23-/m1/s1. The summed E-state index contributed by atoms with van der Waals surface area (Å²) in [5.41, 5.74) is 1.67. The summed E-state index contributed by atoms with van der Waals surface area (Å²) in [6.07, 6.45) is 2.43. The molecule has 2 aromatic rings. The zero-order chi connectivity index (χ0) is 21.5. The minimum atomic E-state index is -3.61. The maximum absolute atomic E-state index is 13.6. The van der Waals surface area contributed by atoms with Crippen molar-refractivity contribution >= 4 is 15.8 Å². The van der Waals surface area contributed by atoms with Gasteiger partial charge in [-0.15, -0.1) is 0 Å². The Morgan fingerprint density at radius 3 is 2.52 bits per heavy atom. The number of Topliss-reactive ketones (excluding diaryl/α,β-unsaturated/α-hetero) is 1. The van der Waals surface area contributed by atoms with Gasteiger partial charge in [-0.3, -0.25) is 4.79 Å². The molecule has 0 amide bonds. The lowest BCUT2D eigenvalue weighted by Gasteiger charge is -2.35. The molecule has 3 aliphatic heterocycles. The molecule has 1 unspecified atom stereocenters. The van der Waals surface area contributed by atoms with Crippen LogP contribution in [0.5, 0.6) is 0 Å². The van der Waals surface area contributed by atoms with Gasteiger partial charge in [-0.1, -0.05) is 42.5 Å². The molecule has 1 spiro atoms. The quantitative estimate of drug-likeness (QED) is 0.791. The number of carbonyl (C=O) groups excluding carboxylic acids is 1. The Kier molecular flexibility index (Phi) is 5.46. The van der Waals surface area contributed by atoms with Gasteiger partial charge in [-0.25, -0.2) is 8.42 Å². The molecule has 164 valence electrons. The molecule has 0 radical (unpaired) electrons. The highest BCUT2D eigenvalue weighted by Gasteiger charge is 2.49. The summed E-state index contributed by atoms with van der Waals surface area (Å²) in [5, 5.41) is 3.37. The van der Waals surface area contributed by atoms with E-state index in [0.717, 1.165) is 37.1 Å². The largest absolute Gasteiger partial charge is 0.354 e. The van der Waals surface area contributed by atoms with Crippen molar-refractivity contribution in [2.75, 3.05) is 26.2 Å². The van der Waals surface area contributed by atoms with Crippen molar-refractivity contribution in [3.8, 4) is 0 Å². The normalized spacial score (nSPS) is 25.9. The Hall–Kier alpha value is -2.06. The molecular formula is C24H28N2O4S. The summed E-state index contributed by atoms with van der Waals surface area (Å²) in [7, 11) is -3.61. The summed E-state index contributed by atoms with van der Waals surface area (Å²) < 4.78 is 34.2. The highest BCUT2D eigenvalue weighted by atomic mass is 32.2. The van der Waals surface area contributed by atoms with Crippen molar-refractivity contribution in [3.63, 3.8) is 0 Å². The number of ether oxygens (including phenoxy) is 1. The molecule has 2 atom stereocenters. The molecule has 0 aromatic heterocycles. The zero-order valence-electron chi connectivity index (χ0n) is 17.5. The molecule has 2 aromatic carbocycles. The van der Waals surface area contributed by atoms with Crippen LogP contribution in [0.4, 0.5) is 0 Å². The molecule has 0 aliphatic carbocycles. The number of nitrogens with zero attached hydrogens (tertiary/aromatic N) is 1. The summed E-state index contributed by atoms with van der Waals surface area (Å²) in [5.74, 6) is -0.349. The Balaban J connectivity index is 1.39. The van der Waals surface area contributed by atoms with Crippen LogP contribution in [0.3, 0.4) is 0 Å². The fourth-order valence-electron chi connectivity index (χ4n) is 5.27. The maximum atomic E-state index is 13.6. The first-order valence-corrected chi connectivity index (χ1v) is 12.5. The average molecular weight is 441 g/mol. The van der Waals surface area contributed by atoms with Crippen molar-refractivity contribution < 1.29 is 17.9 Å². The number of rotatable bonds is 4. The third kappa shape index (κ3) is 3.63. The maximum Gasteiger partial charge on any atom is 0.243 e. The van der Waals surface area contributed by atoms with Crippen LogP contribution in [0.2, 0.25) is 0 Å². The number of sulfonamides is 1. The average Bonchev–Trinajstić information content (AvgIpc) is 3.13. The van der Waals surface area contributed by atoms with Crippen LogP contribution < -0.4 is 5.32 Å². The molecule has 31 heavy (non-hydrogen) atoms. The fraction of sp³-hybridized carbons (Fsp3) is 0.458. The predicted molar refractivity (Wildman–Crippen MR) is 117 cm³/mol. The van der Waals surface area contributed by atoms with E-state index in [1.165, 1.54) is 4.31 Å². The highest BCUT2D eigenvalue weighted by molar-refractivity contribution is 7.89. The van der Waals surface area contributed by atoms with E-state index in [0.29, 0.717) is 19.4 Å². The number of ketones is 1. The summed E-state index contributed by atoms with van der Waals surface area (Å²) in [4.78, 5) is 13.9. The summed E-state index contributed by atoms with van der Waals surface area (Å²) in [6, 6.07) is 16.5. The van der Waals surface area contributed by atoms with Gasteiger partial charge in [0.1, 0.15) is 6.10 Å². The number of fused-ring (bicyclic) bond motifs is 2. The number of piperidine rings is 2. The van der Waals surface area contributed by atoms with Crippen LogP contribution in [0, 0.1) is 5.92 Å². The van der Waals surface area contributed by atoms with Gasteiger partial charge < -0.3 is 10.1 Å².